The van der Waals surface area contributed by atoms with Crippen LogP contribution >= 0.6 is 0 Å². The van der Waals surface area contributed by atoms with Crippen molar-refractivity contribution in [3.63, 3.8) is 0 Å². The number of piperazine rings is 1. The second-order valence-corrected chi connectivity index (χ2v) is 9.71. The Labute approximate surface area is 176 Å². The molecule has 0 saturated carbocycles. The number of likely N-dealkylation sites (N-methyl/N-ethyl adjacent to an activating group) is 1. The molecular weight excluding hydrogens is 401 g/mol. The molecule has 0 N–H and O–H groups in total. The average molecular weight is 426 g/mol. The standard InChI is InChI=1S/C23H24FN3O2S/c1-26-11-13-27(14-12-26)23-16-19(17-5-9-21(10-6-17)30(2,28)29)15-22(25-23)18-3-7-20(24)8-4-18/h3-10,15-16H,11-14H2,1-2H3. The minimum atomic E-state index is -3.25. The van der Waals surface area contributed by atoms with Crippen molar-refractivity contribution >= 4 is 15.7 Å². The van der Waals surface area contributed by atoms with Crippen LogP contribution < -0.4 is 4.90 Å². The van der Waals surface area contributed by atoms with Gasteiger partial charge in [-0.3, -0.25) is 0 Å². The predicted octanol–water partition coefficient (Wildman–Crippen LogP) is 3.71. The lowest BCUT2D eigenvalue weighted by Gasteiger charge is -2.33. The lowest BCUT2D eigenvalue weighted by molar-refractivity contribution is 0.312. The summed E-state index contributed by atoms with van der Waals surface area (Å²) in [6.07, 6.45) is 1.20. The van der Waals surface area contributed by atoms with Gasteiger partial charge in [-0.05, 0) is 66.7 Å². The molecular formula is C23H24FN3O2S. The second-order valence-electron chi connectivity index (χ2n) is 7.69. The zero-order chi connectivity index (χ0) is 21.3. The molecule has 0 amide bonds. The van der Waals surface area contributed by atoms with Crippen molar-refractivity contribution in [3.8, 4) is 22.4 Å². The molecule has 1 aliphatic heterocycles. The van der Waals surface area contributed by atoms with Gasteiger partial charge < -0.3 is 9.80 Å². The van der Waals surface area contributed by atoms with Crippen LogP contribution in [0.2, 0.25) is 0 Å². The van der Waals surface area contributed by atoms with Crippen LogP contribution in [0.1, 0.15) is 0 Å². The lowest BCUT2D eigenvalue weighted by Crippen LogP contribution is -2.44. The highest BCUT2D eigenvalue weighted by molar-refractivity contribution is 7.90. The van der Waals surface area contributed by atoms with Gasteiger partial charge in [0.25, 0.3) is 0 Å². The van der Waals surface area contributed by atoms with Gasteiger partial charge in [-0.15, -0.1) is 0 Å². The number of anilines is 1. The van der Waals surface area contributed by atoms with E-state index in [1.165, 1.54) is 18.4 Å². The van der Waals surface area contributed by atoms with Gasteiger partial charge in [-0.1, -0.05) is 12.1 Å². The number of halogens is 1. The van der Waals surface area contributed by atoms with Crippen molar-refractivity contribution in [1.82, 2.24) is 9.88 Å². The number of rotatable bonds is 4. The third kappa shape index (κ3) is 4.52. The first-order valence-corrected chi connectivity index (χ1v) is 11.7. The van der Waals surface area contributed by atoms with Gasteiger partial charge >= 0.3 is 0 Å². The van der Waals surface area contributed by atoms with E-state index < -0.39 is 9.84 Å². The highest BCUT2D eigenvalue weighted by Gasteiger charge is 2.18. The van der Waals surface area contributed by atoms with Gasteiger partial charge in [-0.2, -0.15) is 0 Å². The number of pyridine rings is 1. The second kappa shape index (κ2) is 8.16. The Morgan fingerprint density at radius 1 is 0.833 bits per heavy atom. The highest BCUT2D eigenvalue weighted by atomic mass is 32.2. The Balaban J connectivity index is 1.78. The van der Waals surface area contributed by atoms with Crippen molar-refractivity contribution in [2.45, 2.75) is 4.90 Å². The average Bonchev–Trinajstić information content (AvgIpc) is 2.74. The summed E-state index contributed by atoms with van der Waals surface area (Å²) in [5, 5.41) is 0. The number of hydrogen-bond acceptors (Lipinski definition) is 5. The van der Waals surface area contributed by atoms with E-state index in [4.69, 9.17) is 4.98 Å². The van der Waals surface area contributed by atoms with Gasteiger partial charge in [-0.25, -0.2) is 17.8 Å². The van der Waals surface area contributed by atoms with Crippen LogP contribution in [-0.2, 0) is 9.84 Å². The molecule has 1 aromatic heterocycles. The third-order valence-electron chi connectivity index (χ3n) is 5.39. The van der Waals surface area contributed by atoms with Crippen molar-refractivity contribution in [1.29, 1.82) is 0 Å². The van der Waals surface area contributed by atoms with E-state index in [0.717, 1.165) is 54.4 Å². The Morgan fingerprint density at radius 3 is 2.03 bits per heavy atom. The van der Waals surface area contributed by atoms with Crippen LogP contribution in [0.15, 0.2) is 65.6 Å². The van der Waals surface area contributed by atoms with E-state index >= 15 is 0 Å². The van der Waals surface area contributed by atoms with Gasteiger partial charge in [0.2, 0.25) is 0 Å². The molecule has 4 rings (SSSR count). The molecule has 5 nitrogen and oxygen atoms in total. The van der Waals surface area contributed by atoms with E-state index in [1.807, 2.05) is 24.3 Å². The van der Waals surface area contributed by atoms with E-state index in [1.54, 1.807) is 24.3 Å². The largest absolute Gasteiger partial charge is 0.354 e. The first-order valence-electron chi connectivity index (χ1n) is 9.82. The lowest BCUT2D eigenvalue weighted by atomic mass is 10.0. The Kier molecular flexibility index (Phi) is 5.58. The smallest absolute Gasteiger partial charge is 0.175 e. The summed E-state index contributed by atoms with van der Waals surface area (Å²) in [7, 11) is -1.14. The molecule has 2 heterocycles. The van der Waals surface area contributed by atoms with Gasteiger partial charge in [0.1, 0.15) is 11.6 Å². The molecule has 1 fully saturated rings. The summed E-state index contributed by atoms with van der Waals surface area (Å²) < 4.78 is 37.0. The summed E-state index contributed by atoms with van der Waals surface area (Å²) >= 11 is 0. The number of sulfone groups is 1. The topological polar surface area (TPSA) is 53.5 Å². The zero-order valence-electron chi connectivity index (χ0n) is 17.0. The molecule has 3 aromatic rings. The van der Waals surface area contributed by atoms with Gasteiger partial charge in [0, 0.05) is 38.0 Å². The van der Waals surface area contributed by atoms with Crippen LogP contribution in [0.25, 0.3) is 22.4 Å². The van der Waals surface area contributed by atoms with E-state index in [-0.39, 0.29) is 5.82 Å². The molecule has 0 bridgehead atoms. The minimum Gasteiger partial charge on any atom is -0.354 e. The molecule has 1 saturated heterocycles. The molecule has 7 heteroatoms. The molecule has 0 atom stereocenters. The first kappa shape index (κ1) is 20.5. The molecule has 30 heavy (non-hydrogen) atoms. The maximum absolute atomic E-state index is 13.4. The van der Waals surface area contributed by atoms with Gasteiger partial charge in [0.15, 0.2) is 9.84 Å². The molecule has 0 radical (unpaired) electrons. The Hall–Kier alpha value is -2.77. The molecule has 0 spiro atoms. The maximum atomic E-state index is 13.4. The number of aromatic nitrogens is 1. The van der Waals surface area contributed by atoms with E-state index in [2.05, 4.69) is 16.8 Å². The van der Waals surface area contributed by atoms with E-state index in [0.29, 0.717) is 4.90 Å². The summed E-state index contributed by atoms with van der Waals surface area (Å²) in [6, 6.07) is 17.2. The summed E-state index contributed by atoms with van der Waals surface area (Å²) in [6.45, 7) is 3.67. The molecule has 0 unspecified atom stereocenters. The number of nitrogens with zero attached hydrogens (tertiary/aromatic N) is 3. The van der Waals surface area contributed by atoms with Crippen molar-refractivity contribution in [3.05, 3.63) is 66.5 Å². The van der Waals surface area contributed by atoms with Crippen molar-refractivity contribution in [2.24, 2.45) is 0 Å². The fourth-order valence-corrected chi connectivity index (χ4v) is 4.17. The monoisotopic (exact) mass is 425 g/mol. The Morgan fingerprint density at radius 2 is 1.43 bits per heavy atom. The SMILES string of the molecule is CN1CCN(c2cc(-c3ccc(S(C)(=O)=O)cc3)cc(-c3ccc(F)cc3)n2)CC1. The number of benzene rings is 2. The quantitative estimate of drug-likeness (QED) is 0.638. The number of hydrogen-bond donors (Lipinski definition) is 0. The summed E-state index contributed by atoms with van der Waals surface area (Å²) in [5.41, 5.74) is 3.44. The third-order valence-corrected chi connectivity index (χ3v) is 6.52. The van der Waals surface area contributed by atoms with Crippen LogP contribution in [0.5, 0.6) is 0 Å². The molecule has 0 aliphatic carbocycles. The normalized spacial score (nSPS) is 15.4. The Bertz CT molecular complexity index is 1140. The highest BCUT2D eigenvalue weighted by Crippen LogP contribution is 2.30. The van der Waals surface area contributed by atoms with Crippen LogP contribution in [0.4, 0.5) is 10.2 Å². The first-order chi connectivity index (χ1) is 14.3. The predicted molar refractivity (Wildman–Crippen MR) is 118 cm³/mol. The zero-order valence-corrected chi connectivity index (χ0v) is 17.9. The fraction of sp³-hybridized carbons (Fsp3) is 0.261. The van der Waals surface area contributed by atoms with Gasteiger partial charge in [0.05, 0.1) is 10.6 Å². The molecule has 1 aliphatic rings. The maximum Gasteiger partial charge on any atom is 0.175 e. The molecule has 2 aromatic carbocycles. The van der Waals surface area contributed by atoms with Crippen LogP contribution in [0, 0.1) is 5.82 Å². The molecule has 156 valence electrons. The van der Waals surface area contributed by atoms with E-state index in [9.17, 15) is 12.8 Å². The summed E-state index contributed by atoms with van der Waals surface area (Å²) in [5.74, 6) is 0.581. The van der Waals surface area contributed by atoms with Crippen LogP contribution in [0.3, 0.4) is 0 Å². The summed E-state index contributed by atoms with van der Waals surface area (Å²) in [4.78, 5) is 9.68. The van der Waals surface area contributed by atoms with Crippen molar-refractivity contribution < 1.29 is 12.8 Å². The van der Waals surface area contributed by atoms with Crippen molar-refractivity contribution in [2.75, 3.05) is 44.4 Å². The minimum absolute atomic E-state index is 0.287. The fourth-order valence-electron chi connectivity index (χ4n) is 3.54. The van der Waals surface area contributed by atoms with Crippen LogP contribution in [-0.4, -0.2) is 57.8 Å².